The van der Waals surface area contributed by atoms with Crippen molar-refractivity contribution in [1.82, 2.24) is 0 Å². The zero-order valence-electron chi connectivity index (χ0n) is 20.1. The molecule has 0 fully saturated rings. The molecule has 0 radical (unpaired) electrons. The first kappa shape index (κ1) is 27.6. The molecule has 0 aliphatic heterocycles. The van der Waals surface area contributed by atoms with Gasteiger partial charge in [-0.3, -0.25) is 19.2 Å². The summed E-state index contributed by atoms with van der Waals surface area (Å²) in [5.74, 6) is -3.89. The minimum atomic E-state index is -1.84. The van der Waals surface area contributed by atoms with E-state index in [4.69, 9.17) is 14.6 Å². The van der Waals surface area contributed by atoms with Crippen LogP contribution in [-0.2, 0) is 34.1 Å². The molecule has 0 atom stereocenters. The summed E-state index contributed by atoms with van der Waals surface area (Å²) < 4.78 is 10.5. The van der Waals surface area contributed by atoms with Gasteiger partial charge in [0.1, 0.15) is 5.41 Å². The van der Waals surface area contributed by atoms with Gasteiger partial charge in [0.15, 0.2) is 5.41 Å². The van der Waals surface area contributed by atoms with Gasteiger partial charge in [0.25, 0.3) is 0 Å². The monoisotopic (exact) mass is 484 g/mol. The van der Waals surface area contributed by atoms with E-state index in [2.05, 4.69) is 0 Å². The maximum Gasteiger partial charge on any atom is 0.323 e. The molecule has 2 N–H and O–H groups in total. The van der Waals surface area contributed by atoms with Gasteiger partial charge in [-0.2, -0.15) is 0 Å². The summed E-state index contributed by atoms with van der Waals surface area (Å²) in [5.41, 5.74) is -2.43. The summed E-state index contributed by atoms with van der Waals surface area (Å²) in [6.07, 6.45) is -0.719. The average Bonchev–Trinajstić information content (AvgIpc) is 2.84. The van der Waals surface area contributed by atoms with Crippen molar-refractivity contribution in [2.24, 2.45) is 5.41 Å². The third-order valence-corrected chi connectivity index (χ3v) is 6.15. The van der Waals surface area contributed by atoms with Crippen molar-refractivity contribution >= 4 is 23.9 Å². The maximum absolute atomic E-state index is 13.2. The molecule has 2 aromatic carbocycles. The Morgan fingerprint density at radius 3 is 1.54 bits per heavy atom. The largest absolute Gasteiger partial charge is 0.481 e. The number of carbonyl (C=O) groups is 4. The van der Waals surface area contributed by atoms with Gasteiger partial charge in [-0.15, -0.1) is 0 Å². The number of aliphatic carboxylic acids is 2. The van der Waals surface area contributed by atoms with Crippen molar-refractivity contribution in [3.8, 4) is 0 Å². The fourth-order valence-corrected chi connectivity index (χ4v) is 4.35. The molecule has 188 valence electrons. The summed E-state index contributed by atoms with van der Waals surface area (Å²) in [6, 6.07) is 17.2. The van der Waals surface area contributed by atoms with Crippen molar-refractivity contribution in [1.29, 1.82) is 0 Å². The predicted octanol–water partition coefficient (Wildman–Crippen LogP) is 4.21. The Kier molecular flexibility index (Phi) is 9.99. The number of carbonyl (C=O) groups excluding carboxylic acids is 2. The zero-order valence-corrected chi connectivity index (χ0v) is 20.1. The summed E-state index contributed by atoms with van der Waals surface area (Å²) in [7, 11) is 0. The molecule has 2 aromatic rings. The van der Waals surface area contributed by atoms with Gasteiger partial charge >= 0.3 is 23.9 Å². The highest BCUT2D eigenvalue weighted by molar-refractivity contribution is 6.00. The topological polar surface area (TPSA) is 127 Å². The first-order chi connectivity index (χ1) is 16.7. The van der Waals surface area contributed by atoms with E-state index in [1.807, 2.05) is 0 Å². The second-order valence-corrected chi connectivity index (χ2v) is 8.21. The van der Waals surface area contributed by atoms with Gasteiger partial charge in [-0.05, 0) is 50.7 Å². The van der Waals surface area contributed by atoms with E-state index >= 15 is 0 Å². The molecule has 0 amide bonds. The molecular formula is C27H32O8. The maximum atomic E-state index is 13.2. The number of benzene rings is 2. The van der Waals surface area contributed by atoms with Crippen LogP contribution in [0.15, 0.2) is 60.7 Å². The summed E-state index contributed by atoms with van der Waals surface area (Å²) in [6.45, 7) is 3.20. The van der Waals surface area contributed by atoms with Gasteiger partial charge in [0.05, 0.1) is 13.2 Å². The van der Waals surface area contributed by atoms with Crippen LogP contribution in [-0.4, -0.2) is 47.3 Å². The van der Waals surface area contributed by atoms with Crippen molar-refractivity contribution < 1.29 is 38.9 Å². The molecule has 0 heterocycles. The Bertz CT molecular complexity index is 943. The Labute approximate surface area is 204 Å². The van der Waals surface area contributed by atoms with Crippen molar-refractivity contribution in [2.45, 2.75) is 51.4 Å². The lowest BCUT2D eigenvalue weighted by atomic mass is 9.67. The molecule has 8 heteroatoms. The Hall–Kier alpha value is -3.68. The molecule has 0 saturated heterocycles. The molecule has 0 aliphatic rings. The molecule has 8 nitrogen and oxygen atoms in total. The number of esters is 2. The Balaban J connectivity index is 2.63. The van der Waals surface area contributed by atoms with Crippen LogP contribution in [0.1, 0.15) is 57.1 Å². The lowest BCUT2D eigenvalue weighted by Gasteiger charge is -2.35. The first-order valence-corrected chi connectivity index (χ1v) is 11.6. The van der Waals surface area contributed by atoms with Crippen LogP contribution in [0, 0.1) is 5.41 Å². The number of rotatable bonds is 14. The van der Waals surface area contributed by atoms with E-state index in [0.717, 1.165) is 0 Å². The minimum Gasteiger partial charge on any atom is -0.481 e. The van der Waals surface area contributed by atoms with Crippen LogP contribution < -0.4 is 0 Å². The van der Waals surface area contributed by atoms with Gasteiger partial charge in [-0.1, -0.05) is 60.7 Å². The van der Waals surface area contributed by atoms with Gasteiger partial charge in [0, 0.05) is 6.42 Å². The third-order valence-electron chi connectivity index (χ3n) is 6.15. The van der Waals surface area contributed by atoms with Crippen LogP contribution in [0.5, 0.6) is 0 Å². The van der Waals surface area contributed by atoms with Crippen LogP contribution in [0.2, 0.25) is 0 Å². The lowest BCUT2D eigenvalue weighted by Crippen LogP contribution is -2.45. The fraction of sp³-hybridized carbons (Fsp3) is 0.407. The Morgan fingerprint density at radius 2 is 1.17 bits per heavy atom. The quantitative estimate of drug-likeness (QED) is 0.302. The van der Waals surface area contributed by atoms with Crippen molar-refractivity contribution in [2.75, 3.05) is 13.2 Å². The molecule has 2 rings (SSSR count). The first-order valence-electron chi connectivity index (χ1n) is 11.6. The fourth-order valence-electron chi connectivity index (χ4n) is 4.35. The van der Waals surface area contributed by atoms with Crippen LogP contribution in [0.25, 0.3) is 0 Å². The predicted molar refractivity (Wildman–Crippen MR) is 128 cm³/mol. The van der Waals surface area contributed by atoms with Crippen LogP contribution >= 0.6 is 0 Å². The van der Waals surface area contributed by atoms with Crippen molar-refractivity contribution in [3.63, 3.8) is 0 Å². The van der Waals surface area contributed by atoms with Crippen LogP contribution in [0.4, 0.5) is 0 Å². The normalized spacial score (nSPS) is 11.5. The summed E-state index contributed by atoms with van der Waals surface area (Å²) in [4.78, 5) is 50.5. The second kappa shape index (κ2) is 12.7. The highest BCUT2D eigenvalue weighted by Gasteiger charge is 2.52. The molecule has 0 bridgehead atoms. The standard InChI is InChI=1S/C27H32O8/c1-3-34-24(32)26(25(33)35-4-2,17-11-16-22(28)29)18-19-27(23(30)31,20-12-7-5-8-13-20)21-14-9-6-10-15-21/h5-10,12-15H,3-4,11,16-19H2,1-2H3,(H,28,29)(H,30,31). The van der Waals surface area contributed by atoms with Gasteiger partial charge < -0.3 is 19.7 Å². The third kappa shape index (κ3) is 6.26. The zero-order chi connectivity index (χ0) is 25.9. The highest BCUT2D eigenvalue weighted by atomic mass is 16.6. The summed E-state index contributed by atoms with van der Waals surface area (Å²) in [5, 5.41) is 19.7. The van der Waals surface area contributed by atoms with Gasteiger partial charge in [0.2, 0.25) is 0 Å². The molecule has 0 aliphatic carbocycles. The Morgan fingerprint density at radius 1 is 0.714 bits per heavy atom. The van der Waals surface area contributed by atoms with E-state index in [1.165, 1.54) is 0 Å². The number of carboxylic acids is 2. The van der Waals surface area contributed by atoms with E-state index in [9.17, 15) is 24.3 Å². The number of hydrogen-bond donors (Lipinski definition) is 2. The molecule has 35 heavy (non-hydrogen) atoms. The number of hydrogen-bond acceptors (Lipinski definition) is 6. The second-order valence-electron chi connectivity index (χ2n) is 8.21. The molecule has 0 unspecified atom stereocenters. The SMILES string of the molecule is CCOC(=O)C(CCCC(=O)O)(CCC(C(=O)O)(c1ccccc1)c1ccccc1)C(=O)OCC. The highest BCUT2D eigenvalue weighted by Crippen LogP contribution is 2.43. The van der Waals surface area contributed by atoms with Crippen LogP contribution in [0.3, 0.4) is 0 Å². The smallest absolute Gasteiger partial charge is 0.323 e. The van der Waals surface area contributed by atoms with E-state index in [0.29, 0.717) is 11.1 Å². The number of carboxylic acid groups (broad SMARTS) is 2. The van der Waals surface area contributed by atoms with E-state index in [1.54, 1.807) is 74.5 Å². The van der Waals surface area contributed by atoms with Crippen molar-refractivity contribution in [3.05, 3.63) is 71.8 Å². The van der Waals surface area contributed by atoms with E-state index in [-0.39, 0.29) is 45.3 Å². The lowest BCUT2D eigenvalue weighted by molar-refractivity contribution is -0.174. The minimum absolute atomic E-state index is 0.000360. The van der Waals surface area contributed by atoms with E-state index < -0.39 is 34.7 Å². The van der Waals surface area contributed by atoms with Gasteiger partial charge in [-0.25, -0.2) is 0 Å². The molecule has 0 spiro atoms. The average molecular weight is 485 g/mol. The molecule has 0 saturated carbocycles. The number of ether oxygens (including phenoxy) is 2. The molecule has 0 aromatic heterocycles. The summed E-state index contributed by atoms with van der Waals surface area (Å²) >= 11 is 0. The molecular weight excluding hydrogens is 452 g/mol.